The van der Waals surface area contributed by atoms with Crippen LogP contribution in [-0.4, -0.2) is 16.2 Å². The van der Waals surface area contributed by atoms with Gasteiger partial charge in [0.1, 0.15) is 5.51 Å². The molecule has 0 radical (unpaired) electrons. The Kier molecular flexibility index (Phi) is 3.01. The fourth-order valence-corrected chi connectivity index (χ4v) is 2.69. The number of nitrogens with one attached hydrogen (secondary N) is 1. The molecule has 3 atom stereocenters. The zero-order chi connectivity index (χ0) is 9.97. The van der Waals surface area contributed by atoms with Crippen LogP contribution in [0.15, 0.2) is 5.51 Å². The van der Waals surface area contributed by atoms with Gasteiger partial charge in [0.25, 0.3) is 0 Å². The highest BCUT2D eigenvalue weighted by Gasteiger charge is 2.27. The third-order valence-electron chi connectivity index (χ3n) is 3.38. The van der Waals surface area contributed by atoms with E-state index in [1.54, 1.807) is 16.8 Å². The number of hydrogen-bond donors (Lipinski definition) is 1. The molecule has 0 saturated heterocycles. The third-order valence-corrected chi connectivity index (χ3v) is 4.00. The van der Waals surface area contributed by atoms with E-state index in [0.717, 1.165) is 17.0 Å². The molecule has 1 aromatic rings. The second kappa shape index (κ2) is 4.26. The number of aromatic nitrogens is 2. The van der Waals surface area contributed by atoms with Gasteiger partial charge in [-0.25, -0.2) is 0 Å². The van der Waals surface area contributed by atoms with Crippen LogP contribution >= 0.6 is 11.3 Å². The molecule has 3 nitrogen and oxygen atoms in total. The first-order valence-electron chi connectivity index (χ1n) is 5.30. The van der Waals surface area contributed by atoms with Gasteiger partial charge in [-0.2, -0.15) is 0 Å². The van der Waals surface area contributed by atoms with Crippen molar-refractivity contribution in [3.8, 4) is 0 Å². The van der Waals surface area contributed by atoms with Crippen LogP contribution in [0.5, 0.6) is 0 Å². The molecule has 4 heteroatoms. The van der Waals surface area contributed by atoms with E-state index in [0.29, 0.717) is 6.04 Å². The zero-order valence-corrected chi connectivity index (χ0v) is 9.55. The highest BCUT2D eigenvalue weighted by molar-refractivity contribution is 7.13. The lowest BCUT2D eigenvalue weighted by Gasteiger charge is -2.34. The van der Waals surface area contributed by atoms with Gasteiger partial charge in [-0.05, 0) is 18.3 Å². The Morgan fingerprint density at radius 1 is 1.43 bits per heavy atom. The lowest BCUT2D eigenvalue weighted by molar-refractivity contribution is 0.253. The summed E-state index contributed by atoms with van der Waals surface area (Å²) in [5.74, 6) is 1.57. The molecule has 3 unspecified atom stereocenters. The molecule has 78 valence electrons. The predicted octanol–water partition coefficient (Wildman–Crippen LogP) is 2.77. The number of anilines is 1. The molecule has 1 aromatic heterocycles. The van der Waals surface area contributed by atoms with Crippen LogP contribution in [0.3, 0.4) is 0 Å². The third kappa shape index (κ3) is 2.05. The molecule has 0 bridgehead atoms. The average molecular weight is 211 g/mol. The minimum Gasteiger partial charge on any atom is -0.357 e. The fourth-order valence-electron chi connectivity index (χ4n) is 2.18. The number of hydrogen-bond acceptors (Lipinski definition) is 4. The summed E-state index contributed by atoms with van der Waals surface area (Å²) in [6, 6.07) is 0.590. The molecule has 1 saturated carbocycles. The standard InChI is InChI=1S/C10H17N3S/c1-7-4-3-5-9(8(7)2)12-10-13-11-6-14-10/h6-9H,3-5H2,1-2H3,(H,12,13). The van der Waals surface area contributed by atoms with Crippen LogP contribution in [0.25, 0.3) is 0 Å². The highest BCUT2D eigenvalue weighted by atomic mass is 32.1. The molecule has 2 rings (SSSR count). The van der Waals surface area contributed by atoms with Crippen molar-refractivity contribution < 1.29 is 0 Å². The largest absolute Gasteiger partial charge is 0.357 e. The van der Waals surface area contributed by atoms with Gasteiger partial charge in [-0.3, -0.25) is 0 Å². The van der Waals surface area contributed by atoms with Gasteiger partial charge >= 0.3 is 0 Å². The van der Waals surface area contributed by atoms with Crippen LogP contribution in [0.2, 0.25) is 0 Å². The van der Waals surface area contributed by atoms with Crippen LogP contribution in [0.4, 0.5) is 5.13 Å². The summed E-state index contributed by atoms with van der Waals surface area (Å²) < 4.78 is 0. The average Bonchev–Trinajstić information content (AvgIpc) is 2.66. The lowest BCUT2D eigenvalue weighted by atomic mass is 9.78. The van der Waals surface area contributed by atoms with Gasteiger partial charge in [0, 0.05) is 6.04 Å². The van der Waals surface area contributed by atoms with Gasteiger partial charge in [0.05, 0.1) is 0 Å². The molecule has 14 heavy (non-hydrogen) atoms. The molecular formula is C10H17N3S. The smallest absolute Gasteiger partial charge is 0.205 e. The van der Waals surface area contributed by atoms with Gasteiger partial charge in [-0.1, -0.05) is 38.0 Å². The van der Waals surface area contributed by atoms with Gasteiger partial charge in [0.2, 0.25) is 5.13 Å². The van der Waals surface area contributed by atoms with E-state index >= 15 is 0 Å². The van der Waals surface area contributed by atoms with E-state index in [4.69, 9.17) is 0 Å². The molecular weight excluding hydrogens is 194 g/mol. The van der Waals surface area contributed by atoms with Crippen molar-refractivity contribution in [1.82, 2.24) is 10.2 Å². The fraction of sp³-hybridized carbons (Fsp3) is 0.800. The maximum Gasteiger partial charge on any atom is 0.205 e. The van der Waals surface area contributed by atoms with Gasteiger partial charge < -0.3 is 5.32 Å². The minimum atomic E-state index is 0.590. The minimum absolute atomic E-state index is 0.590. The molecule has 0 aliphatic heterocycles. The first kappa shape index (κ1) is 9.90. The molecule has 0 spiro atoms. The SMILES string of the molecule is CC1CCCC(Nc2nncs2)C1C. The van der Waals surface area contributed by atoms with Crippen molar-refractivity contribution in [2.45, 2.75) is 39.2 Å². The van der Waals surface area contributed by atoms with Crippen LogP contribution in [0.1, 0.15) is 33.1 Å². The molecule has 0 amide bonds. The van der Waals surface area contributed by atoms with Gasteiger partial charge in [-0.15, -0.1) is 10.2 Å². The quantitative estimate of drug-likeness (QED) is 0.817. The van der Waals surface area contributed by atoms with E-state index in [2.05, 4.69) is 29.4 Å². The zero-order valence-electron chi connectivity index (χ0n) is 8.73. The lowest BCUT2D eigenvalue weighted by Crippen LogP contribution is -2.34. The predicted molar refractivity (Wildman–Crippen MR) is 59.5 cm³/mol. The van der Waals surface area contributed by atoms with Crippen molar-refractivity contribution in [2.24, 2.45) is 11.8 Å². The molecule has 1 heterocycles. The summed E-state index contributed by atoms with van der Waals surface area (Å²) in [5, 5.41) is 12.3. The topological polar surface area (TPSA) is 37.8 Å². The second-order valence-corrected chi connectivity index (χ2v) is 5.10. The van der Waals surface area contributed by atoms with Crippen LogP contribution in [0, 0.1) is 11.8 Å². The van der Waals surface area contributed by atoms with E-state index in [-0.39, 0.29) is 0 Å². The summed E-state index contributed by atoms with van der Waals surface area (Å²) in [7, 11) is 0. The Bertz CT molecular complexity index is 273. The number of rotatable bonds is 2. The maximum atomic E-state index is 4.03. The molecule has 0 aromatic carbocycles. The summed E-state index contributed by atoms with van der Waals surface area (Å²) in [5.41, 5.74) is 1.78. The van der Waals surface area contributed by atoms with Crippen molar-refractivity contribution in [2.75, 3.05) is 5.32 Å². The second-order valence-electron chi connectivity index (χ2n) is 4.26. The molecule has 1 N–H and O–H groups in total. The van der Waals surface area contributed by atoms with Crippen LogP contribution in [-0.2, 0) is 0 Å². The molecule has 1 aliphatic rings. The Morgan fingerprint density at radius 2 is 2.29 bits per heavy atom. The molecule has 1 fully saturated rings. The number of nitrogens with zero attached hydrogens (tertiary/aromatic N) is 2. The van der Waals surface area contributed by atoms with Gasteiger partial charge in [0.15, 0.2) is 0 Å². The Labute approximate surface area is 88.9 Å². The van der Waals surface area contributed by atoms with Crippen LogP contribution < -0.4 is 5.32 Å². The summed E-state index contributed by atoms with van der Waals surface area (Å²) in [6.07, 6.45) is 3.97. The Morgan fingerprint density at radius 3 is 3.00 bits per heavy atom. The summed E-state index contributed by atoms with van der Waals surface area (Å²) in [6.45, 7) is 4.68. The van der Waals surface area contributed by atoms with Crippen molar-refractivity contribution in [3.05, 3.63) is 5.51 Å². The van der Waals surface area contributed by atoms with Crippen molar-refractivity contribution >= 4 is 16.5 Å². The normalized spacial score (nSPS) is 32.9. The van der Waals surface area contributed by atoms with Crippen molar-refractivity contribution in [1.29, 1.82) is 0 Å². The Balaban J connectivity index is 1.97. The highest BCUT2D eigenvalue weighted by Crippen LogP contribution is 2.31. The van der Waals surface area contributed by atoms with E-state index in [1.165, 1.54) is 19.3 Å². The first-order valence-corrected chi connectivity index (χ1v) is 6.18. The van der Waals surface area contributed by atoms with E-state index in [1.807, 2.05) is 0 Å². The summed E-state index contributed by atoms with van der Waals surface area (Å²) >= 11 is 1.59. The monoisotopic (exact) mass is 211 g/mol. The van der Waals surface area contributed by atoms with E-state index in [9.17, 15) is 0 Å². The Hall–Kier alpha value is -0.640. The maximum absolute atomic E-state index is 4.03. The van der Waals surface area contributed by atoms with E-state index < -0.39 is 0 Å². The molecule has 1 aliphatic carbocycles. The first-order chi connectivity index (χ1) is 6.77. The van der Waals surface area contributed by atoms with Crippen molar-refractivity contribution in [3.63, 3.8) is 0 Å². The summed E-state index contributed by atoms with van der Waals surface area (Å²) in [4.78, 5) is 0.